The van der Waals surface area contributed by atoms with Gasteiger partial charge in [-0.1, -0.05) is 30.7 Å². The number of nitrogens with one attached hydrogen (secondary N) is 1. The summed E-state index contributed by atoms with van der Waals surface area (Å²) in [5, 5.41) is 4.35. The summed E-state index contributed by atoms with van der Waals surface area (Å²) < 4.78 is 6.48. The molecule has 2 nitrogen and oxygen atoms in total. The normalized spacial score (nSPS) is 35.5. The molecule has 3 rings (SSSR count). The average Bonchev–Trinajstić information content (AvgIpc) is 2.43. The maximum atomic E-state index is 6.48. The SMILES string of the molecule is CC1CCC2(CC1)CNCC(c1cccc(Cl)c1)O2. The van der Waals surface area contributed by atoms with Gasteiger partial charge in [0, 0.05) is 18.1 Å². The summed E-state index contributed by atoms with van der Waals surface area (Å²) in [6.45, 7) is 4.23. The fourth-order valence-electron chi connectivity index (χ4n) is 3.29. The molecule has 1 spiro atoms. The molecule has 0 amide bonds. The molecule has 3 heteroatoms. The highest BCUT2D eigenvalue weighted by atomic mass is 35.5. The van der Waals surface area contributed by atoms with Crippen molar-refractivity contribution in [2.24, 2.45) is 5.92 Å². The van der Waals surface area contributed by atoms with E-state index in [0.29, 0.717) is 0 Å². The Balaban J connectivity index is 1.74. The molecule has 2 aliphatic rings. The monoisotopic (exact) mass is 279 g/mol. The van der Waals surface area contributed by atoms with Gasteiger partial charge in [-0.3, -0.25) is 0 Å². The molecular formula is C16H22ClNO. The fourth-order valence-corrected chi connectivity index (χ4v) is 3.49. The Morgan fingerprint density at radius 3 is 2.84 bits per heavy atom. The molecule has 2 fully saturated rings. The standard InChI is InChI=1S/C16H22ClNO/c1-12-5-7-16(8-6-12)11-18-10-15(19-16)13-3-2-4-14(17)9-13/h2-4,9,12,15,18H,5-8,10-11H2,1H3. The molecule has 1 heterocycles. The Labute approximate surface area is 120 Å². The summed E-state index contributed by atoms with van der Waals surface area (Å²) in [6, 6.07) is 8.06. The molecule has 1 aliphatic heterocycles. The minimum Gasteiger partial charge on any atom is -0.364 e. The van der Waals surface area contributed by atoms with Crippen LogP contribution in [-0.4, -0.2) is 18.7 Å². The molecule has 104 valence electrons. The van der Waals surface area contributed by atoms with Gasteiger partial charge in [0.05, 0.1) is 11.7 Å². The second-order valence-electron chi connectivity index (χ2n) is 6.16. The lowest BCUT2D eigenvalue weighted by Crippen LogP contribution is -2.52. The highest BCUT2D eigenvalue weighted by Gasteiger charge is 2.40. The van der Waals surface area contributed by atoms with Crippen LogP contribution in [0.4, 0.5) is 0 Å². The molecule has 1 aromatic carbocycles. The van der Waals surface area contributed by atoms with Crippen LogP contribution in [0.1, 0.15) is 44.3 Å². The highest BCUT2D eigenvalue weighted by molar-refractivity contribution is 6.30. The van der Waals surface area contributed by atoms with Crippen molar-refractivity contribution in [3.8, 4) is 0 Å². The third kappa shape index (κ3) is 2.96. The van der Waals surface area contributed by atoms with Crippen LogP contribution in [0.2, 0.25) is 5.02 Å². The van der Waals surface area contributed by atoms with E-state index >= 15 is 0 Å². The fraction of sp³-hybridized carbons (Fsp3) is 0.625. The van der Waals surface area contributed by atoms with Crippen molar-refractivity contribution in [3.63, 3.8) is 0 Å². The largest absolute Gasteiger partial charge is 0.364 e. The lowest BCUT2D eigenvalue weighted by atomic mass is 9.78. The van der Waals surface area contributed by atoms with Gasteiger partial charge in [-0.25, -0.2) is 0 Å². The van der Waals surface area contributed by atoms with E-state index in [9.17, 15) is 0 Å². The van der Waals surface area contributed by atoms with Gasteiger partial charge in [-0.15, -0.1) is 0 Å². The van der Waals surface area contributed by atoms with Crippen molar-refractivity contribution in [1.82, 2.24) is 5.32 Å². The third-order valence-corrected chi connectivity index (χ3v) is 4.81. The van der Waals surface area contributed by atoms with Crippen LogP contribution >= 0.6 is 11.6 Å². The predicted molar refractivity (Wildman–Crippen MR) is 78.5 cm³/mol. The summed E-state index contributed by atoms with van der Waals surface area (Å²) in [4.78, 5) is 0. The molecule has 1 saturated heterocycles. The molecule has 0 aromatic heterocycles. The smallest absolute Gasteiger partial charge is 0.0957 e. The van der Waals surface area contributed by atoms with Crippen LogP contribution in [0.25, 0.3) is 0 Å². The van der Waals surface area contributed by atoms with E-state index in [1.807, 2.05) is 18.2 Å². The van der Waals surface area contributed by atoms with Crippen molar-refractivity contribution in [1.29, 1.82) is 0 Å². The molecule has 1 aliphatic carbocycles. The van der Waals surface area contributed by atoms with Crippen molar-refractivity contribution in [3.05, 3.63) is 34.9 Å². The quantitative estimate of drug-likeness (QED) is 0.840. The molecule has 19 heavy (non-hydrogen) atoms. The van der Waals surface area contributed by atoms with Crippen LogP contribution in [-0.2, 0) is 4.74 Å². The van der Waals surface area contributed by atoms with Crippen LogP contribution in [0, 0.1) is 5.92 Å². The maximum Gasteiger partial charge on any atom is 0.0957 e. The zero-order valence-electron chi connectivity index (χ0n) is 11.5. The number of hydrogen-bond donors (Lipinski definition) is 1. The van der Waals surface area contributed by atoms with E-state index in [1.54, 1.807) is 0 Å². The lowest BCUT2D eigenvalue weighted by molar-refractivity contribution is -0.140. The maximum absolute atomic E-state index is 6.48. The van der Waals surface area contributed by atoms with E-state index in [-0.39, 0.29) is 11.7 Å². The average molecular weight is 280 g/mol. The minimum atomic E-state index is 0.0533. The van der Waals surface area contributed by atoms with Crippen LogP contribution in [0.3, 0.4) is 0 Å². The molecule has 0 bridgehead atoms. The lowest BCUT2D eigenvalue weighted by Gasteiger charge is -2.45. The molecule has 1 saturated carbocycles. The van der Waals surface area contributed by atoms with Gasteiger partial charge in [-0.2, -0.15) is 0 Å². The second kappa shape index (κ2) is 5.43. The number of morpholine rings is 1. The van der Waals surface area contributed by atoms with Crippen LogP contribution in [0.5, 0.6) is 0 Å². The van der Waals surface area contributed by atoms with E-state index in [2.05, 4.69) is 18.3 Å². The van der Waals surface area contributed by atoms with Gasteiger partial charge >= 0.3 is 0 Å². The summed E-state index contributed by atoms with van der Waals surface area (Å²) in [5.41, 5.74) is 1.25. The Morgan fingerprint density at radius 1 is 1.32 bits per heavy atom. The van der Waals surface area contributed by atoms with Gasteiger partial charge < -0.3 is 10.1 Å². The third-order valence-electron chi connectivity index (χ3n) is 4.58. The summed E-state index contributed by atoms with van der Waals surface area (Å²) in [6.07, 6.45) is 5.06. The Kier molecular flexibility index (Phi) is 3.84. The zero-order valence-corrected chi connectivity index (χ0v) is 12.2. The first kappa shape index (κ1) is 13.4. The van der Waals surface area contributed by atoms with E-state index in [1.165, 1.54) is 31.2 Å². The topological polar surface area (TPSA) is 21.3 Å². The second-order valence-corrected chi connectivity index (χ2v) is 6.59. The highest BCUT2D eigenvalue weighted by Crippen LogP contribution is 2.39. The Hall–Kier alpha value is -0.570. The van der Waals surface area contributed by atoms with E-state index < -0.39 is 0 Å². The molecule has 1 unspecified atom stereocenters. The number of benzene rings is 1. The van der Waals surface area contributed by atoms with Crippen molar-refractivity contribution in [2.45, 2.75) is 44.3 Å². The first-order valence-corrected chi connectivity index (χ1v) is 7.69. The van der Waals surface area contributed by atoms with Gasteiger partial charge in [-0.05, 0) is 49.3 Å². The molecule has 1 atom stereocenters. The van der Waals surface area contributed by atoms with Crippen molar-refractivity contribution >= 4 is 11.6 Å². The van der Waals surface area contributed by atoms with Crippen LogP contribution in [0.15, 0.2) is 24.3 Å². The molecular weight excluding hydrogens is 258 g/mol. The van der Waals surface area contributed by atoms with E-state index in [0.717, 1.165) is 24.0 Å². The molecule has 1 aromatic rings. The molecule has 1 N–H and O–H groups in total. The van der Waals surface area contributed by atoms with Gasteiger partial charge in [0.1, 0.15) is 0 Å². The summed E-state index contributed by atoms with van der Waals surface area (Å²) in [5.74, 6) is 0.848. The van der Waals surface area contributed by atoms with Gasteiger partial charge in [0.25, 0.3) is 0 Å². The number of hydrogen-bond acceptors (Lipinski definition) is 2. The van der Waals surface area contributed by atoms with E-state index in [4.69, 9.17) is 16.3 Å². The molecule has 0 radical (unpaired) electrons. The first-order valence-electron chi connectivity index (χ1n) is 7.31. The number of rotatable bonds is 1. The zero-order chi connectivity index (χ0) is 13.3. The number of ether oxygens (including phenoxy) is 1. The number of halogens is 1. The summed E-state index contributed by atoms with van der Waals surface area (Å²) >= 11 is 6.08. The van der Waals surface area contributed by atoms with Crippen molar-refractivity contribution in [2.75, 3.05) is 13.1 Å². The first-order chi connectivity index (χ1) is 9.17. The minimum absolute atomic E-state index is 0.0533. The predicted octanol–water partition coefficient (Wildman–Crippen LogP) is 3.95. The Morgan fingerprint density at radius 2 is 2.11 bits per heavy atom. The van der Waals surface area contributed by atoms with Crippen molar-refractivity contribution < 1.29 is 4.74 Å². The van der Waals surface area contributed by atoms with Gasteiger partial charge in [0.15, 0.2) is 0 Å². The van der Waals surface area contributed by atoms with Crippen LogP contribution < -0.4 is 5.32 Å². The van der Waals surface area contributed by atoms with Gasteiger partial charge in [0.2, 0.25) is 0 Å². The summed E-state index contributed by atoms with van der Waals surface area (Å²) in [7, 11) is 0. The Bertz CT molecular complexity index is 440.